The third kappa shape index (κ3) is 4.21. The minimum Gasteiger partial charge on any atom is -0.377 e. The molecule has 0 bridgehead atoms. The van der Waals surface area contributed by atoms with Crippen LogP contribution < -0.4 is 0 Å². The molecule has 2 unspecified atom stereocenters. The van der Waals surface area contributed by atoms with Gasteiger partial charge in [0.15, 0.2) is 5.75 Å². The first-order valence-electron chi connectivity index (χ1n) is 10.1. The average Bonchev–Trinajstić information content (AvgIpc) is 3.09. The molecule has 27 heavy (non-hydrogen) atoms. The van der Waals surface area contributed by atoms with E-state index >= 15 is 0 Å². The van der Waals surface area contributed by atoms with Crippen LogP contribution in [0.1, 0.15) is 82.6 Å². The van der Waals surface area contributed by atoms with Gasteiger partial charge in [-0.3, -0.25) is 5.11 Å². The van der Waals surface area contributed by atoms with Gasteiger partial charge in [0.25, 0.3) is 0 Å². The molecule has 1 aliphatic heterocycles. The molecule has 2 heteroatoms. The lowest BCUT2D eigenvalue weighted by Gasteiger charge is -2.30. The van der Waals surface area contributed by atoms with Gasteiger partial charge in [0, 0.05) is 23.7 Å². The van der Waals surface area contributed by atoms with Crippen LogP contribution in [0, 0.1) is 0 Å². The molecule has 1 saturated heterocycles. The average molecular weight is 366 g/mol. The van der Waals surface area contributed by atoms with Crippen molar-refractivity contribution in [2.24, 2.45) is 0 Å². The summed E-state index contributed by atoms with van der Waals surface area (Å²) in [7, 11) is 0. The van der Waals surface area contributed by atoms with Crippen LogP contribution in [0.2, 0.25) is 0 Å². The Bertz CT molecular complexity index is 737. The molecule has 145 valence electrons. The van der Waals surface area contributed by atoms with E-state index in [0.717, 1.165) is 30.6 Å². The van der Waals surface area contributed by atoms with Gasteiger partial charge in [-0.1, -0.05) is 84.0 Å². The van der Waals surface area contributed by atoms with Crippen LogP contribution in [0.15, 0.2) is 42.5 Å². The van der Waals surface area contributed by atoms with Gasteiger partial charge in [-0.2, -0.15) is 0 Å². The lowest BCUT2D eigenvalue weighted by Crippen LogP contribution is -2.22. The second-order valence-electron chi connectivity index (χ2n) is 9.88. The number of benzene rings is 2. The Balaban J connectivity index is 2.22. The normalized spacial score (nSPS) is 19.3. The summed E-state index contributed by atoms with van der Waals surface area (Å²) >= 11 is 0. The van der Waals surface area contributed by atoms with E-state index in [0.29, 0.717) is 0 Å². The van der Waals surface area contributed by atoms with Crippen LogP contribution in [0.4, 0.5) is 0 Å². The molecule has 1 radical (unpaired) electrons. The summed E-state index contributed by atoms with van der Waals surface area (Å²) in [6.07, 6.45) is 2.34. The molecule has 2 nitrogen and oxygen atoms in total. The molecule has 1 fully saturated rings. The highest BCUT2D eigenvalue weighted by Crippen LogP contribution is 2.44. The van der Waals surface area contributed by atoms with Gasteiger partial charge >= 0.3 is 0 Å². The quantitative estimate of drug-likeness (QED) is 0.592. The van der Waals surface area contributed by atoms with Gasteiger partial charge in [0.2, 0.25) is 0 Å². The first-order chi connectivity index (χ1) is 12.6. The van der Waals surface area contributed by atoms with Gasteiger partial charge in [-0.25, -0.2) is 0 Å². The first-order valence-corrected chi connectivity index (χ1v) is 10.1. The Morgan fingerprint density at radius 2 is 1.44 bits per heavy atom. The fraction of sp³-hybridized carbons (Fsp3) is 0.520. The Kier molecular flexibility index (Phi) is 5.40. The minimum atomic E-state index is -0.190. The largest absolute Gasteiger partial charge is 0.377 e. The van der Waals surface area contributed by atoms with E-state index in [1.54, 1.807) is 0 Å². The van der Waals surface area contributed by atoms with Crippen molar-refractivity contribution < 1.29 is 9.84 Å². The van der Waals surface area contributed by atoms with Crippen molar-refractivity contribution in [3.63, 3.8) is 0 Å². The molecule has 0 saturated carbocycles. The van der Waals surface area contributed by atoms with Gasteiger partial charge < -0.3 is 4.74 Å². The summed E-state index contributed by atoms with van der Waals surface area (Å²) in [5.74, 6) is 0.356. The maximum absolute atomic E-state index is 13.3. The Morgan fingerprint density at radius 1 is 0.889 bits per heavy atom. The molecular weight excluding hydrogens is 332 g/mol. The highest BCUT2D eigenvalue weighted by atomic mass is 16.5. The molecule has 0 aliphatic carbocycles. The first kappa shape index (κ1) is 19.9. The van der Waals surface area contributed by atoms with Crippen molar-refractivity contribution in [2.45, 2.75) is 77.2 Å². The summed E-state index contributed by atoms with van der Waals surface area (Å²) in [4.78, 5) is 0. The monoisotopic (exact) mass is 365 g/mol. The molecule has 2 aromatic carbocycles. The number of hydrogen-bond donors (Lipinski definition) is 0. The molecule has 3 rings (SSSR count). The lowest BCUT2D eigenvalue weighted by atomic mass is 9.75. The molecule has 2 aromatic rings. The molecule has 1 heterocycles. The Morgan fingerprint density at radius 3 is 1.89 bits per heavy atom. The molecule has 0 N–H and O–H groups in total. The van der Waals surface area contributed by atoms with Crippen molar-refractivity contribution >= 4 is 0 Å². The van der Waals surface area contributed by atoms with Gasteiger partial charge in [0.05, 0.1) is 6.10 Å². The Labute approximate surface area is 164 Å². The summed E-state index contributed by atoms with van der Waals surface area (Å²) in [5, 5.41) is 13.3. The topological polar surface area (TPSA) is 29.1 Å². The summed E-state index contributed by atoms with van der Waals surface area (Å²) < 4.78 is 6.13. The highest BCUT2D eigenvalue weighted by Gasteiger charge is 2.33. The zero-order valence-corrected chi connectivity index (χ0v) is 17.6. The molecule has 2 atom stereocenters. The number of ether oxygens (including phenoxy) is 1. The standard InChI is InChI=1S/C25H33O2/c1-24(2,3)19-15-18(16-20(23(19)26)25(4,5)6)22(21-13-10-14-27-21)17-11-8-7-9-12-17/h7-9,11-12,15-16,21-22H,10,13-14H2,1-6H3. The third-order valence-electron chi connectivity index (χ3n) is 5.58. The zero-order valence-electron chi connectivity index (χ0n) is 17.6. The van der Waals surface area contributed by atoms with E-state index in [-0.39, 0.29) is 28.6 Å². The van der Waals surface area contributed by atoms with Crippen LogP contribution in [-0.4, -0.2) is 12.7 Å². The van der Waals surface area contributed by atoms with E-state index < -0.39 is 0 Å². The Hall–Kier alpha value is -1.80. The van der Waals surface area contributed by atoms with Gasteiger partial charge in [0.1, 0.15) is 0 Å². The van der Waals surface area contributed by atoms with Crippen molar-refractivity contribution in [1.82, 2.24) is 0 Å². The molecule has 0 aromatic heterocycles. The van der Waals surface area contributed by atoms with E-state index in [1.165, 1.54) is 11.1 Å². The van der Waals surface area contributed by atoms with Crippen LogP contribution in [0.25, 0.3) is 0 Å². The maximum atomic E-state index is 13.3. The fourth-order valence-electron chi connectivity index (χ4n) is 4.09. The van der Waals surface area contributed by atoms with Crippen LogP contribution in [-0.2, 0) is 20.7 Å². The summed E-state index contributed by atoms with van der Waals surface area (Å²) in [5.41, 5.74) is 3.91. The predicted molar refractivity (Wildman–Crippen MR) is 111 cm³/mol. The molecule has 0 amide bonds. The third-order valence-corrected chi connectivity index (χ3v) is 5.58. The van der Waals surface area contributed by atoms with Crippen molar-refractivity contribution in [2.75, 3.05) is 6.61 Å². The van der Waals surface area contributed by atoms with E-state index in [1.807, 2.05) is 0 Å². The van der Waals surface area contributed by atoms with Crippen molar-refractivity contribution in [1.29, 1.82) is 0 Å². The fourth-order valence-corrected chi connectivity index (χ4v) is 4.09. The SMILES string of the molecule is CC(C)(C)c1cc(C(c2ccccc2)C2CCCO2)cc(C(C)(C)C)c1[O]. The van der Waals surface area contributed by atoms with Crippen LogP contribution in [0.5, 0.6) is 5.75 Å². The van der Waals surface area contributed by atoms with Gasteiger partial charge in [-0.05, 0) is 34.8 Å². The zero-order chi connectivity index (χ0) is 19.8. The van der Waals surface area contributed by atoms with Crippen LogP contribution in [0.3, 0.4) is 0 Å². The van der Waals surface area contributed by atoms with Gasteiger partial charge in [-0.15, -0.1) is 0 Å². The second kappa shape index (κ2) is 7.31. The van der Waals surface area contributed by atoms with Crippen LogP contribution >= 0.6 is 0 Å². The van der Waals surface area contributed by atoms with Crippen molar-refractivity contribution in [3.05, 3.63) is 64.7 Å². The molecule has 0 spiro atoms. The molecule has 1 aliphatic rings. The van der Waals surface area contributed by atoms with E-state index in [9.17, 15) is 5.11 Å². The summed E-state index contributed by atoms with van der Waals surface area (Å²) in [6, 6.07) is 14.9. The predicted octanol–water partition coefficient (Wildman–Crippen LogP) is 6.74. The number of rotatable bonds is 3. The second-order valence-corrected chi connectivity index (χ2v) is 9.88. The highest BCUT2D eigenvalue weighted by molar-refractivity contribution is 5.52. The van der Waals surface area contributed by atoms with Crippen molar-refractivity contribution in [3.8, 4) is 5.75 Å². The van der Waals surface area contributed by atoms with E-state index in [4.69, 9.17) is 4.74 Å². The van der Waals surface area contributed by atoms with E-state index in [2.05, 4.69) is 84.0 Å². The minimum absolute atomic E-state index is 0.163. The lowest BCUT2D eigenvalue weighted by molar-refractivity contribution is 0.0981. The number of hydrogen-bond acceptors (Lipinski definition) is 1. The summed E-state index contributed by atoms with van der Waals surface area (Å²) in [6.45, 7) is 13.6. The smallest absolute Gasteiger partial charge is 0.186 e. The maximum Gasteiger partial charge on any atom is 0.186 e. The molecular formula is C25H33O2.